The summed E-state index contributed by atoms with van der Waals surface area (Å²) in [5.74, 6) is 0.0198. The van der Waals surface area contributed by atoms with Crippen molar-refractivity contribution in [2.45, 2.75) is 11.4 Å². The first-order chi connectivity index (χ1) is 9.95. The highest BCUT2D eigenvalue weighted by atomic mass is 35.5. The van der Waals surface area contributed by atoms with Crippen LogP contribution in [0.25, 0.3) is 0 Å². The highest BCUT2D eigenvalue weighted by Gasteiger charge is 2.22. The van der Waals surface area contributed by atoms with Crippen molar-refractivity contribution in [3.63, 3.8) is 0 Å². The van der Waals surface area contributed by atoms with Gasteiger partial charge in [0.2, 0.25) is 10.0 Å². The van der Waals surface area contributed by atoms with E-state index < -0.39 is 10.0 Å². The van der Waals surface area contributed by atoms with Gasteiger partial charge >= 0.3 is 0 Å². The Kier molecular flexibility index (Phi) is 5.05. The van der Waals surface area contributed by atoms with Gasteiger partial charge < -0.3 is 4.74 Å². The Morgan fingerprint density at radius 1 is 1.19 bits per heavy atom. The molecule has 8 heteroatoms. The van der Waals surface area contributed by atoms with Crippen LogP contribution >= 0.6 is 23.2 Å². The third kappa shape index (κ3) is 3.65. The second-order valence-corrected chi connectivity index (χ2v) is 6.59. The number of halogens is 2. The molecule has 0 radical (unpaired) electrons. The number of nitrogens with one attached hydrogen (secondary N) is 1. The van der Waals surface area contributed by atoms with E-state index in [1.54, 1.807) is 24.5 Å². The number of ether oxygens (including phenoxy) is 1. The lowest BCUT2D eigenvalue weighted by atomic mass is 10.3. The monoisotopic (exact) mass is 346 g/mol. The summed E-state index contributed by atoms with van der Waals surface area (Å²) in [6.07, 6.45) is 3.17. The van der Waals surface area contributed by atoms with Crippen LogP contribution < -0.4 is 9.46 Å². The summed E-state index contributed by atoms with van der Waals surface area (Å²) < 4.78 is 32.2. The third-order valence-electron chi connectivity index (χ3n) is 2.72. The fraction of sp³-hybridized carbons (Fsp3) is 0.154. The maximum Gasteiger partial charge on any atom is 0.244 e. The Hall–Kier alpha value is -1.34. The Morgan fingerprint density at radius 3 is 2.48 bits per heavy atom. The van der Waals surface area contributed by atoms with E-state index in [-0.39, 0.29) is 27.2 Å². The number of benzene rings is 1. The van der Waals surface area contributed by atoms with Crippen LogP contribution in [0.3, 0.4) is 0 Å². The largest absolute Gasteiger partial charge is 0.494 e. The van der Waals surface area contributed by atoms with Crippen LogP contribution in [0.15, 0.2) is 41.6 Å². The molecule has 0 bridgehead atoms. The van der Waals surface area contributed by atoms with Gasteiger partial charge in [-0.1, -0.05) is 23.2 Å². The van der Waals surface area contributed by atoms with Gasteiger partial charge in [-0.2, -0.15) is 0 Å². The fourth-order valence-corrected chi connectivity index (χ4v) is 3.31. The number of rotatable bonds is 5. The Labute approximate surface area is 132 Å². The summed E-state index contributed by atoms with van der Waals surface area (Å²) in [7, 11) is -2.45. The van der Waals surface area contributed by atoms with Gasteiger partial charge in [0.05, 0.1) is 12.1 Å². The normalized spacial score (nSPS) is 11.4. The average molecular weight is 347 g/mol. The van der Waals surface area contributed by atoms with Crippen molar-refractivity contribution < 1.29 is 13.2 Å². The molecule has 0 spiro atoms. The van der Waals surface area contributed by atoms with Crippen LogP contribution in [-0.2, 0) is 16.6 Å². The standard InChI is InChI=1S/C13H12Cl2N2O3S/c1-20-13-11(3-2-10(14)12(13)15)21(18,19)17-8-9-4-6-16-7-5-9/h2-7,17H,8H2,1H3. The quantitative estimate of drug-likeness (QED) is 0.903. The molecule has 5 nitrogen and oxygen atoms in total. The highest BCUT2D eigenvalue weighted by molar-refractivity contribution is 7.89. The van der Waals surface area contributed by atoms with E-state index in [1.807, 2.05) is 0 Å². The maximum absolute atomic E-state index is 12.3. The average Bonchev–Trinajstić information content (AvgIpc) is 2.49. The molecular weight excluding hydrogens is 335 g/mol. The SMILES string of the molecule is COc1c(S(=O)(=O)NCc2ccncc2)ccc(Cl)c1Cl. The predicted molar refractivity (Wildman–Crippen MR) is 81.3 cm³/mol. The number of pyridine rings is 1. The summed E-state index contributed by atoms with van der Waals surface area (Å²) in [5, 5.41) is 0.285. The Balaban J connectivity index is 2.30. The lowest BCUT2D eigenvalue weighted by Gasteiger charge is -2.12. The van der Waals surface area contributed by atoms with Crippen molar-refractivity contribution in [3.8, 4) is 5.75 Å². The van der Waals surface area contributed by atoms with Crippen molar-refractivity contribution in [2.24, 2.45) is 0 Å². The van der Waals surface area contributed by atoms with E-state index in [0.29, 0.717) is 0 Å². The van der Waals surface area contributed by atoms with Crippen molar-refractivity contribution in [3.05, 3.63) is 52.3 Å². The van der Waals surface area contributed by atoms with E-state index in [1.165, 1.54) is 19.2 Å². The molecular formula is C13H12Cl2N2O3S. The first-order valence-electron chi connectivity index (χ1n) is 5.86. The topological polar surface area (TPSA) is 68.3 Å². The minimum absolute atomic E-state index is 0.0198. The maximum atomic E-state index is 12.3. The molecule has 0 saturated carbocycles. The summed E-state index contributed by atoms with van der Waals surface area (Å²) >= 11 is 11.8. The third-order valence-corrected chi connectivity index (χ3v) is 4.94. The minimum Gasteiger partial charge on any atom is -0.494 e. The molecule has 0 aliphatic heterocycles. The number of nitrogens with zero attached hydrogens (tertiary/aromatic N) is 1. The van der Waals surface area contributed by atoms with E-state index in [0.717, 1.165) is 5.56 Å². The van der Waals surface area contributed by atoms with E-state index >= 15 is 0 Å². The van der Waals surface area contributed by atoms with E-state index in [4.69, 9.17) is 27.9 Å². The van der Waals surface area contributed by atoms with Crippen molar-refractivity contribution >= 4 is 33.2 Å². The number of sulfonamides is 1. The van der Waals surface area contributed by atoms with E-state index in [2.05, 4.69) is 9.71 Å². The summed E-state index contributed by atoms with van der Waals surface area (Å²) in [4.78, 5) is 3.81. The first-order valence-corrected chi connectivity index (χ1v) is 8.10. The lowest BCUT2D eigenvalue weighted by molar-refractivity contribution is 0.402. The predicted octanol–water partition coefficient (Wildman–Crippen LogP) is 2.88. The van der Waals surface area contributed by atoms with Gasteiger partial charge in [0.1, 0.15) is 9.92 Å². The number of hydrogen-bond donors (Lipinski definition) is 1. The zero-order chi connectivity index (χ0) is 15.5. The van der Waals surface area contributed by atoms with Crippen LogP contribution in [0, 0.1) is 0 Å². The second-order valence-electron chi connectivity index (χ2n) is 4.07. The molecule has 2 aromatic rings. The van der Waals surface area contributed by atoms with Crippen LogP contribution in [0.2, 0.25) is 10.0 Å². The molecule has 112 valence electrons. The Morgan fingerprint density at radius 2 is 1.86 bits per heavy atom. The molecule has 21 heavy (non-hydrogen) atoms. The molecule has 0 atom stereocenters. The van der Waals surface area contributed by atoms with Crippen molar-refractivity contribution in [1.29, 1.82) is 0 Å². The van der Waals surface area contributed by atoms with Gasteiger partial charge in [-0.3, -0.25) is 4.98 Å². The number of aromatic nitrogens is 1. The molecule has 0 saturated heterocycles. The van der Waals surface area contributed by atoms with Crippen LogP contribution in [0.4, 0.5) is 0 Å². The Bertz CT molecular complexity index is 737. The molecule has 0 amide bonds. The van der Waals surface area contributed by atoms with Crippen LogP contribution in [-0.4, -0.2) is 20.5 Å². The molecule has 1 aromatic carbocycles. The number of hydrogen-bond acceptors (Lipinski definition) is 4. The molecule has 2 rings (SSSR count). The lowest BCUT2D eigenvalue weighted by Crippen LogP contribution is -2.23. The van der Waals surface area contributed by atoms with Gasteiger partial charge in [-0.05, 0) is 29.8 Å². The molecule has 0 unspecified atom stereocenters. The van der Waals surface area contributed by atoms with Gasteiger partial charge in [-0.15, -0.1) is 0 Å². The zero-order valence-electron chi connectivity index (χ0n) is 11.0. The molecule has 0 aliphatic rings. The second kappa shape index (κ2) is 6.62. The smallest absolute Gasteiger partial charge is 0.244 e. The molecule has 1 heterocycles. The van der Waals surface area contributed by atoms with Crippen molar-refractivity contribution in [1.82, 2.24) is 9.71 Å². The first kappa shape index (κ1) is 16.0. The molecule has 0 aliphatic carbocycles. The van der Waals surface area contributed by atoms with Gasteiger partial charge in [-0.25, -0.2) is 13.1 Å². The van der Waals surface area contributed by atoms with E-state index in [9.17, 15) is 8.42 Å². The summed E-state index contributed by atoms with van der Waals surface area (Å²) in [6.45, 7) is 0.133. The molecule has 1 N–H and O–H groups in total. The van der Waals surface area contributed by atoms with Gasteiger partial charge in [0, 0.05) is 18.9 Å². The minimum atomic E-state index is -3.78. The summed E-state index contributed by atoms with van der Waals surface area (Å²) in [6, 6.07) is 6.19. The van der Waals surface area contributed by atoms with Gasteiger partial charge in [0.15, 0.2) is 5.75 Å². The van der Waals surface area contributed by atoms with Crippen LogP contribution in [0.1, 0.15) is 5.56 Å². The van der Waals surface area contributed by atoms with Crippen LogP contribution in [0.5, 0.6) is 5.75 Å². The van der Waals surface area contributed by atoms with Crippen molar-refractivity contribution in [2.75, 3.05) is 7.11 Å². The highest BCUT2D eigenvalue weighted by Crippen LogP contribution is 2.37. The summed E-state index contributed by atoms with van der Waals surface area (Å²) in [5.41, 5.74) is 0.785. The van der Waals surface area contributed by atoms with Gasteiger partial charge in [0.25, 0.3) is 0 Å². The molecule has 1 aromatic heterocycles. The number of methoxy groups -OCH3 is 1. The molecule has 0 fully saturated rings. The zero-order valence-corrected chi connectivity index (χ0v) is 13.3. The fourth-order valence-electron chi connectivity index (χ4n) is 1.67.